The predicted octanol–water partition coefficient (Wildman–Crippen LogP) is 10.7. The van der Waals surface area contributed by atoms with Crippen LogP contribution in [0.15, 0.2) is 35.4 Å². The summed E-state index contributed by atoms with van der Waals surface area (Å²) in [4.78, 5) is 44.5. The molecule has 0 amide bonds. The molecule has 7 aliphatic carbocycles. The maximum atomic E-state index is 14.4. The van der Waals surface area contributed by atoms with Gasteiger partial charge in [-0.2, -0.15) is 0 Å². The number of hydrogen-bond acceptors (Lipinski definition) is 6. The highest BCUT2D eigenvalue weighted by Gasteiger charge is 2.82. The van der Waals surface area contributed by atoms with Crippen LogP contribution in [0.1, 0.15) is 151 Å². The highest BCUT2D eigenvalue weighted by molar-refractivity contribution is 6.30. The summed E-state index contributed by atoms with van der Waals surface area (Å²) in [6, 6.07) is 8.58. The number of carbonyl (C=O) groups excluding carboxylic acids is 2. The van der Waals surface area contributed by atoms with E-state index in [9.17, 15) is 19.5 Å². The molecule has 8 heteroatoms. The SMILES string of the molecule is CC(C)C1=C2[C@H]3CC[C@@H]4[C@@]5(C)CC[C@H](OC(=O)CC(C)(C)C(=O)O)C6(C)C[C@]65CC[C@@]4(C)[C@]3(C)CC[C@@]2(CCN(CCN(C)C)C2(c3ccc(Cl)cc3)CC2)CC1=O. The van der Waals surface area contributed by atoms with Crippen molar-refractivity contribution in [2.75, 3.05) is 33.7 Å². The van der Waals surface area contributed by atoms with Crippen LogP contribution in [0.25, 0.3) is 0 Å². The summed E-state index contributed by atoms with van der Waals surface area (Å²) in [7, 11) is 4.35. The fourth-order valence-corrected chi connectivity index (χ4v) is 15.7. The van der Waals surface area contributed by atoms with Crippen molar-refractivity contribution in [2.24, 2.45) is 55.7 Å². The number of aliphatic carboxylic acids is 1. The highest BCUT2D eigenvalue weighted by Crippen LogP contribution is 2.87. The molecule has 0 radical (unpaired) electrons. The maximum absolute atomic E-state index is 14.4. The third kappa shape index (κ3) is 6.02. The molecule has 1 aromatic carbocycles. The first-order chi connectivity index (χ1) is 27.0. The summed E-state index contributed by atoms with van der Waals surface area (Å²) in [6.07, 6.45) is 13.7. The van der Waals surface area contributed by atoms with Gasteiger partial charge in [-0.1, -0.05) is 70.8 Å². The lowest BCUT2D eigenvalue weighted by Crippen LogP contribution is -2.64. The fraction of sp³-hybridized carbons (Fsp3) is 0.780. The smallest absolute Gasteiger partial charge is 0.309 e. The Labute approximate surface area is 354 Å². The number of likely N-dealkylation sites (N-methyl/N-ethyl adjacent to an activating group) is 1. The van der Waals surface area contributed by atoms with Gasteiger partial charge in [0.25, 0.3) is 0 Å². The topological polar surface area (TPSA) is 87.2 Å². The molecule has 1 aromatic rings. The largest absolute Gasteiger partial charge is 0.481 e. The van der Waals surface area contributed by atoms with Crippen LogP contribution in [0.4, 0.5) is 0 Å². The van der Waals surface area contributed by atoms with Gasteiger partial charge in [-0.25, -0.2) is 0 Å². The van der Waals surface area contributed by atoms with Crippen molar-refractivity contribution >= 4 is 29.3 Å². The lowest BCUT2D eigenvalue weighted by molar-refractivity contribution is -0.218. The van der Waals surface area contributed by atoms with Crippen LogP contribution in [0.5, 0.6) is 0 Å². The van der Waals surface area contributed by atoms with Gasteiger partial charge in [0.05, 0.1) is 11.8 Å². The zero-order valence-electron chi connectivity index (χ0n) is 37.5. The van der Waals surface area contributed by atoms with Crippen LogP contribution in [0, 0.1) is 55.7 Å². The van der Waals surface area contributed by atoms with Crippen molar-refractivity contribution in [2.45, 2.75) is 157 Å². The highest BCUT2D eigenvalue weighted by atomic mass is 35.5. The summed E-state index contributed by atoms with van der Waals surface area (Å²) >= 11 is 6.37. The summed E-state index contributed by atoms with van der Waals surface area (Å²) in [5.74, 6) is 0.300. The Morgan fingerprint density at radius 3 is 2.16 bits per heavy atom. The maximum Gasteiger partial charge on any atom is 0.309 e. The van der Waals surface area contributed by atoms with Crippen LogP contribution in [0.3, 0.4) is 0 Å². The van der Waals surface area contributed by atoms with E-state index in [0.29, 0.717) is 24.0 Å². The standard InChI is InChI=1S/C50H73ClN2O5/c1-32(2)40-36(54)29-48(25-26-53(28-27-52(9)10)49(22-23-49)33-11-13-34(51)14-12-33)21-19-44(5)35(41(40)48)15-16-37-45(44,6)20-24-50-31-47(50,8)38(17-18-46(37,50)7)58-39(55)30-43(3,4)42(56)57/h11-14,32,35,37-38H,15-31H2,1-10H3,(H,56,57)/t35-,37+,38+,44-,45-,46-,47?,48-,50+/m1/s1. The Morgan fingerprint density at radius 1 is 0.862 bits per heavy atom. The molecular formula is C50H73ClN2O5. The first-order valence-corrected chi connectivity index (χ1v) is 23.3. The second kappa shape index (κ2) is 13.9. The van der Waals surface area contributed by atoms with Crippen LogP contribution in [-0.2, 0) is 24.7 Å². The van der Waals surface area contributed by atoms with Crippen molar-refractivity contribution in [1.29, 1.82) is 0 Å². The minimum atomic E-state index is -1.14. The van der Waals surface area contributed by atoms with Crippen molar-refractivity contribution < 1.29 is 24.2 Å². The number of hydrogen-bond donors (Lipinski definition) is 1. The van der Waals surface area contributed by atoms with E-state index in [1.807, 2.05) is 12.1 Å². The third-order valence-corrected chi connectivity index (χ3v) is 19.6. The number of fused-ring (bicyclic) bond motifs is 6. The van der Waals surface area contributed by atoms with Gasteiger partial charge in [0, 0.05) is 40.9 Å². The van der Waals surface area contributed by atoms with E-state index in [1.54, 1.807) is 19.4 Å². The van der Waals surface area contributed by atoms with Crippen molar-refractivity contribution in [3.8, 4) is 0 Å². The average molecular weight is 818 g/mol. The molecule has 1 unspecified atom stereocenters. The number of carbonyl (C=O) groups is 3. The quantitative estimate of drug-likeness (QED) is 0.198. The molecule has 0 aliphatic heterocycles. The number of nitrogens with zero attached hydrogens (tertiary/aromatic N) is 2. The van der Waals surface area contributed by atoms with E-state index in [0.717, 1.165) is 69.6 Å². The van der Waals surface area contributed by atoms with Gasteiger partial charge >= 0.3 is 11.9 Å². The van der Waals surface area contributed by atoms with E-state index in [1.165, 1.54) is 43.2 Å². The zero-order chi connectivity index (χ0) is 42.1. The van der Waals surface area contributed by atoms with E-state index in [2.05, 4.69) is 77.6 Å². The molecule has 58 heavy (non-hydrogen) atoms. The number of allylic oxidation sites excluding steroid dienone is 2. The average Bonchev–Trinajstić information content (AvgIpc) is 4.04. The van der Waals surface area contributed by atoms with Crippen LogP contribution < -0.4 is 0 Å². The predicted molar refractivity (Wildman–Crippen MR) is 230 cm³/mol. The van der Waals surface area contributed by atoms with Gasteiger partial charge in [-0.3, -0.25) is 19.3 Å². The minimum absolute atomic E-state index is 0.0521. The van der Waals surface area contributed by atoms with Gasteiger partial charge in [0.1, 0.15) is 6.10 Å². The molecule has 0 aromatic heterocycles. The van der Waals surface area contributed by atoms with E-state index in [-0.39, 0.29) is 62.4 Å². The molecule has 0 bridgehead atoms. The number of carboxylic acids is 1. The number of Topliss-reactive ketones (excluding diaryl/α,β-unsaturated/α-hetero) is 1. The van der Waals surface area contributed by atoms with Crippen molar-refractivity contribution in [1.82, 2.24) is 9.80 Å². The number of halogens is 1. The normalized spacial score (nSPS) is 39.8. The van der Waals surface area contributed by atoms with Crippen molar-refractivity contribution in [3.63, 3.8) is 0 Å². The van der Waals surface area contributed by atoms with Gasteiger partial charge in [-0.05, 0) is 174 Å². The lowest BCUT2D eigenvalue weighted by Gasteiger charge is -2.71. The molecule has 6 fully saturated rings. The second-order valence-corrected chi connectivity index (χ2v) is 23.4. The van der Waals surface area contributed by atoms with Gasteiger partial charge in [-0.15, -0.1) is 0 Å². The summed E-state index contributed by atoms with van der Waals surface area (Å²) in [6.45, 7) is 21.1. The first-order valence-electron chi connectivity index (χ1n) is 22.9. The number of esters is 1. The van der Waals surface area contributed by atoms with Crippen LogP contribution in [0.2, 0.25) is 5.02 Å². The molecule has 1 N–H and O–H groups in total. The van der Waals surface area contributed by atoms with Gasteiger partial charge in [0.2, 0.25) is 0 Å². The Kier molecular flexibility index (Phi) is 10.2. The lowest BCUT2D eigenvalue weighted by atomic mass is 9.33. The van der Waals surface area contributed by atoms with Crippen LogP contribution in [-0.4, -0.2) is 72.5 Å². The molecule has 0 saturated heterocycles. The number of rotatable bonds is 13. The second-order valence-electron chi connectivity index (χ2n) is 22.9. The van der Waals surface area contributed by atoms with E-state index >= 15 is 0 Å². The molecule has 8 rings (SSSR count). The summed E-state index contributed by atoms with van der Waals surface area (Å²) < 4.78 is 6.26. The van der Waals surface area contributed by atoms with Crippen molar-refractivity contribution in [3.05, 3.63) is 46.0 Å². The number of carboxylic acid groups (broad SMARTS) is 1. The fourth-order valence-electron chi connectivity index (χ4n) is 15.6. The Morgan fingerprint density at radius 2 is 1.53 bits per heavy atom. The molecule has 6 saturated carbocycles. The Balaban J connectivity index is 1.07. The molecular weight excluding hydrogens is 744 g/mol. The van der Waals surface area contributed by atoms with Crippen LogP contribution >= 0.6 is 11.6 Å². The number of ketones is 1. The Bertz CT molecular complexity index is 1880. The molecule has 1 spiro atoms. The number of ether oxygens (including phenoxy) is 1. The monoisotopic (exact) mass is 817 g/mol. The number of benzene rings is 1. The van der Waals surface area contributed by atoms with Gasteiger partial charge < -0.3 is 14.7 Å². The molecule has 7 aliphatic rings. The summed E-state index contributed by atoms with van der Waals surface area (Å²) in [5.41, 5.74) is 3.44. The molecule has 9 atom stereocenters. The summed E-state index contributed by atoms with van der Waals surface area (Å²) in [5, 5.41) is 10.5. The van der Waals surface area contributed by atoms with Gasteiger partial charge in [0.15, 0.2) is 5.78 Å². The molecule has 0 heterocycles. The first kappa shape index (κ1) is 42.5. The van der Waals surface area contributed by atoms with E-state index < -0.39 is 11.4 Å². The third-order valence-electron chi connectivity index (χ3n) is 19.3. The minimum Gasteiger partial charge on any atom is -0.481 e. The zero-order valence-corrected chi connectivity index (χ0v) is 38.2. The molecule has 320 valence electrons. The van der Waals surface area contributed by atoms with E-state index in [4.69, 9.17) is 16.3 Å². The molecule has 7 nitrogen and oxygen atoms in total. The Hall–Kier alpha value is -2.22.